The number of ether oxygens (including phenoxy) is 1. The fraction of sp³-hybridized carbons (Fsp3) is 0.357. The van der Waals surface area contributed by atoms with Gasteiger partial charge in [0.25, 0.3) is 0 Å². The van der Waals surface area contributed by atoms with E-state index in [1.165, 1.54) is 5.57 Å². The van der Waals surface area contributed by atoms with Gasteiger partial charge in [-0.1, -0.05) is 22.0 Å². The molecule has 19 heavy (non-hydrogen) atoms. The molecular formula is C14H16BrNO3. The molecule has 0 fully saturated rings. The van der Waals surface area contributed by atoms with Crippen LogP contribution in [0.2, 0.25) is 0 Å². The van der Waals surface area contributed by atoms with Gasteiger partial charge >= 0.3 is 5.97 Å². The van der Waals surface area contributed by atoms with E-state index in [9.17, 15) is 9.90 Å². The molecule has 0 saturated carbocycles. The van der Waals surface area contributed by atoms with Crippen molar-refractivity contribution in [1.29, 1.82) is 0 Å². The third kappa shape index (κ3) is 3.36. The van der Waals surface area contributed by atoms with Gasteiger partial charge in [0.1, 0.15) is 0 Å². The standard InChI is InChI=1S/C14H16BrNO3/c1-19-9-10-4-6-16(7-5-10)13-3-2-11(15)8-12(13)14(17)18/h2-4,8H,5-7,9H2,1H3,(H,17,18). The molecule has 0 atom stereocenters. The number of aromatic carboxylic acids is 1. The normalized spacial score (nSPS) is 15.3. The molecule has 5 heteroatoms. The summed E-state index contributed by atoms with van der Waals surface area (Å²) in [4.78, 5) is 13.4. The zero-order valence-electron chi connectivity index (χ0n) is 10.7. The molecule has 1 N–H and O–H groups in total. The molecule has 1 aliphatic heterocycles. The van der Waals surface area contributed by atoms with Crippen LogP contribution in [0, 0.1) is 0 Å². The van der Waals surface area contributed by atoms with Gasteiger partial charge in [0.15, 0.2) is 0 Å². The number of hydrogen-bond acceptors (Lipinski definition) is 3. The Labute approximate surface area is 120 Å². The van der Waals surface area contributed by atoms with E-state index >= 15 is 0 Å². The summed E-state index contributed by atoms with van der Waals surface area (Å²) >= 11 is 3.31. The van der Waals surface area contributed by atoms with Gasteiger partial charge in [0.2, 0.25) is 0 Å². The lowest BCUT2D eigenvalue weighted by molar-refractivity contribution is 0.0697. The van der Waals surface area contributed by atoms with Gasteiger partial charge in [-0.05, 0) is 30.2 Å². The predicted molar refractivity (Wildman–Crippen MR) is 77.9 cm³/mol. The summed E-state index contributed by atoms with van der Waals surface area (Å²) in [7, 11) is 1.68. The monoisotopic (exact) mass is 325 g/mol. The van der Waals surface area contributed by atoms with Gasteiger partial charge in [0, 0.05) is 24.7 Å². The number of halogens is 1. The van der Waals surface area contributed by atoms with Crippen molar-refractivity contribution >= 4 is 27.6 Å². The maximum absolute atomic E-state index is 11.3. The van der Waals surface area contributed by atoms with Crippen molar-refractivity contribution in [3.63, 3.8) is 0 Å². The topological polar surface area (TPSA) is 49.8 Å². The summed E-state index contributed by atoms with van der Waals surface area (Å²) in [5.41, 5.74) is 2.37. The maximum atomic E-state index is 11.3. The molecule has 0 spiro atoms. The largest absolute Gasteiger partial charge is 0.478 e. The first-order valence-electron chi connectivity index (χ1n) is 6.06. The van der Waals surface area contributed by atoms with Gasteiger partial charge < -0.3 is 14.7 Å². The van der Waals surface area contributed by atoms with Gasteiger partial charge in [0.05, 0.1) is 17.9 Å². The Morgan fingerprint density at radius 3 is 2.89 bits per heavy atom. The summed E-state index contributed by atoms with van der Waals surface area (Å²) in [6.07, 6.45) is 3.02. The molecule has 0 aromatic heterocycles. The Balaban J connectivity index is 2.22. The number of hydrogen-bond donors (Lipinski definition) is 1. The lowest BCUT2D eigenvalue weighted by Gasteiger charge is -2.29. The average molecular weight is 326 g/mol. The van der Waals surface area contributed by atoms with Crippen LogP contribution in [0.5, 0.6) is 0 Å². The molecule has 0 saturated heterocycles. The maximum Gasteiger partial charge on any atom is 0.337 e. The van der Waals surface area contributed by atoms with Crippen molar-refractivity contribution in [3.05, 3.63) is 39.9 Å². The second-order valence-corrected chi connectivity index (χ2v) is 5.37. The Hall–Kier alpha value is -1.33. The lowest BCUT2D eigenvalue weighted by Crippen LogP contribution is -2.30. The van der Waals surface area contributed by atoms with E-state index in [1.54, 1.807) is 13.2 Å². The Morgan fingerprint density at radius 2 is 2.32 bits per heavy atom. The predicted octanol–water partition coefficient (Wildman–Crippen LogP) is 2.93. The highest BCUT2D eigenvalue weighted by Crippen LogP contribution is 2.27. The van der Waals surface area contributed by atoms with Crippen LogP contribution in [0.4, 0.5) is 5.69 Å². The first kappa shape index (κ1) is 14.1. The summed E-state index contributed by atoms with van der Waals surface area (Å²) < 4.78 is 5.89. The molecule has 0 radical (unpaired) electrons. The summed E-state index contributed by atoms with van der Waals surface area (Å²) in [6.45, 7) is 2.19. The fourth-order valence-corrected chi connectivity index (χ4v) is 2.56. The Kier molecular flexibility index (Phi) is 4.61. The van der Waals surface area contributed by atoms with Crippen LogP contribution >= 0.6 is 15.9 Å². The van der Waals surface area contributed by atoms with Crippen LogP contribution in [0.1, 0.15) is 16.8 Å². The van der Waals surface area contributed by atoms with Crippen molar-refractivity contribution < 1.29 is 14.6 Å². The SMILES string of the molecule is COCC1=CCN(c2ccc(Br)cc2C(=O)O)CC1. The van der Waals surface area contributed by atoms with Gasteiger partial charge in [-0.15, -0.1) is 0 Å². The van der Waals surface area contributed by atoms with E-state index in [4.69, 9.17) is 4.74 Å². The van der Waals surface area contributed by atoms with Gasteiger partial charge in [-0.25, -0.2) is 4.79 Å². The first-order chi connectivity index (χ1) is 9.11. The van der Waals surface area contributed by atoms with Gasteiger partial charge in [-0.3, -0.25) is 0 Å². The molecule has 2 rings (SSSR count). The highest BCUT2D eigenvalue weighted by molar-refractivity contribution is 9.10. The van der Waals surface area contributed by atoms with Crippen LogP contribution < -0.4 is 4.90 Å². The Morgan fingerprint density at radius 1 is 1.53 bits per heavy atom. The number of carboxylic acid groups (broad SMARTS) is 1. The number of carboxylic acids is 1. The second-order valence-electron chi connectivity index (χ2n) is 4.46. The third-order valence-corrected chi connectivity index (χ3v) is 3.66. The molecule has 1 heterocycles. The van der Waals surface area contributed by atoms with Crippen LogP contribution in [0.15, 0.2) is 34.3 Å². The summed E-state index contributed by atoms with van der Waals surface area (Å²) in [5.74, 6) is -0.900. The lowest BCUT2D eigenvalue weighted by atomic mass is 10.1. The van der Waals surface area contributed by atoms with Crippen molar-refractivity contribution in [1.82, 2.24) is 0 Å². The molecule has 0 unspecified atom stereocenters. The van der Waals surface area contributed by atoms with E-state index in [0.717, 1.165) is 29.7 Å². The zero-order valence-corrected chi connectivity index (χ0v) is 12.3. The van der Waals surface area contributed by atoms with E-state index in [2.05, 4.69) is 26.9 Å². The van der Waals surface area contributed by atoms with Crippen LogP contribution in [-0.4, -0.2) is 37.9 Å². The highest BCUT2D eigenvalue weighted by atomic mass is 79.9. The number of anilines is 1. The quantitative estimate of drug-likeness (QED) is 0.865. The zero-order chi connectivity index (χ0) is 13.8. The van der Waals surface area contributed by atoms with Crippen molar-refractivity contribution in [2.24, 2.45) is 0 Å². The van der Waals surface area contributed by atoms with Crippen molar-refractivity contribution in [2.45, 2.75) is 6.42 Å². The fourth-order valence-electron chi connectivity index (χ4n) is 2.20. The van der Waals surface area contributed by atoms with Crippen LogP contribution in [0.3, 0.4) is 0 Å². The minimum Gasteiger partial charge on any atom is -0.478 e. The molecule has 0 bridgehead atoms. The molecule has 1 aromatic rings. The minimum absolute atomic E-state index is 0.331. The second kappa shape index (κ2) is 6.21. The number of carbonyl (C=O) groups is 1. The molecule has 1 aromatic carbocycles. The van der Waals surface area contributed by atoms with E-state index in [1.807, 2.05) is 12.1 Å². The average Bonchev–Trinajstić information content (AvgIpc) is 2.40. The highest BCUT2D eigenvalue weighted by Gasteiger charge is 2.18. The Bertz CT molecular complexity index is 513. The first-order valence-corrected chi connectivity index (χ1v) is 6.85. The van der Waals surface area contributed by atoms with E-state index in [-0.39, 0.29) is 0 Å². The molecule has 0 aliphatic carbocycles. The molecule has 1 aliphatic rings. The van der Waals surface area contributed by atoms with Crippen molar-refractivity contribution in [2.75, 3.05) is 31.7 Å². The number of methoxy groups -OCH3 is 1. The smallest absolute Gasteiger partial charge is 0.337 e. The van der Waals surface area contributed by atoms with Crippen LogP contribution in [0.25, 0.3) is 0 Å². The third-order valence-electron chi connectivity index (χ3n) is 3.16. The number of nitrogens with zero attached hydrogens (tertiary/aromatic N) is 1. The molecule has 4 nitrogen and oxygen atoms in total. The molecule has 0 amide bonds. The van der Waals surface area contributed by atoms with Crippen LogP contribution in [-0.2, 0) is 4.74 Å². The number of rotatable bonds is 4. The summed E-state index contributed by atoms with van der Waals surface area (Å²) in [5, 5.41) is 9.27. The summed E-state index contributed by atoms with van der Waals surface area (Å²) in [6, 6.07) is 5.37. The molecular weight excluding hydrogens is 310 g/mol. The van der Waals surface area contributed by atoms with E-state index in [0.29, 0.717) is 12.2 Å². The van der Waals surface area contributed by atoms with Gasteiger partial charge in [-0.2, -0.15) is 0 Å². The number of benzene rings is 1. The van der Waals surface area contributed by atoms with Crippen molar-refractivity contribution in [3.8, 4) is 0 Å². The minimum atomic E-state index is -0.900. The van der Waals surface area contributed by atoms with E-state index < -0.39 is 5.97 Å². The molecule has 102 valence electrons.